The third-order valence-corrected chi connectivity index (χ3v) is 6.09. The van der Waals surface area contributed by atoms with Gasteiger partial charge in [0.2, 0.25) is 0 Å². The average Bonchev–Trinajstić information content (AvgIpc) is 3.27. The van der Waals surface area contributed by atoms with Gasteiger partial charge in [-0.1, -0.05) is 12.1 Å². The van der Waals surface area contributed by atoms with Crippen molar-refractivity contribution in [2.45, 2.75) is 38.6 Å². The average molecular weight is 339 g/mol. The van der Waals surface area contributed by atoms with Crippen molar-refractivity contribution >= 4 is 10.2 Å². The fourth-order valence-corrected chi connectivity index (χ4v) is 3.71. The van der Waals surface area contributed by atoms with E-state index in [1.807, 2.05) is 6.07 Å². The van der Waals surface area contributed by atoms with Gasteiger partial charge >= 0.3 is 0 Å². The molecule has 1 atom stereocenters. The van der Waals surface area contributed by atoms with Gasteiger partial charge in [-0.2, -0.15) is 18.0 Å². The number of halogens is 1. The number of nitriles is 1. The van der Waals surface area contributed by atoms with E-state index >= 15 is 0 Å². The zero-order valence-corrected chi connectivity index (χ0v) is 14.2. The van der Waals surface area contributed by atoms with E-state index in [0.29, 0.717) is 6.54 Å². The molecule has 126 valence electrons. The Labute approximate surface area is 137 Å². The molecule has 0 saturated heterocycles. The molecule has 5 nitrogen and oxygen atoms in total. The predicted octanol–water partition coefficient (Wildman–Crippen LogP) is 2.22. The van der Waals surface area contributed by atoms with Crippen LogP contribution in [0.15, 0.2) is 24.3 Å². The van der Waals surface area contributed by atoms with Crippen molar-refractivity contribution in [2.75, 3.05) is 13.6 Å². The van der Waals surface area contributed by atoms with E-state index in [0.717, 1.165) is 24.8 Å². The highest BCUT2D eigenvalue weighted by Crippen LogP contribution is 2.48. The summed E-state index contributed by atoms with van der Waals surface area (Å²) < 4.78 is 41.3. The van der Waals surface area contributed by atoms with Crippen LogP contribution in [-0.4, -0.2) is 32.4 Å². The van der Waals surface area contributed by atoms with E-state index in [1.54, 1.807) is 19.1 Å². The standard InChI is InChI=1S/C16H22FN3O2S/c1-13(7-10-18)20(2)23(21,22)19-12-16(8-9-16)11-14-3-5-15(17)6-4-14/h3-6,13,19H,7-9,11-12H2,1-2H3/t13-/m1/s1. The number of nitrogens with zero attached hydrogens (tertiary/aromatic N) is 2. The van der Waals surface area contributed by atoms with Gasteiger partial charge in [-0.05, 0) is 49.3 Å². The van der Waals surface area contributed by atoms with Gasteiger partial charge in [0.1, 0.15) is 5.82 Å². The maximum absolute atomic E-state index is 12.9. The highest BCUT2D eigenvalue weighted by molar-refractivity contribution is 7.87. The molecule has 0 radical (unpaired) electrons. The first-order valence-corrected chi connectivity index (χ1v) is 9.06. The van der Waals surface area contributed by atoms with Crippen molar-refractivity contribution in [2.24, 2.45) is 5.41 Å². The topological polar surface area (TPSA) is 73.2 Å². The first-order chi connectivity index (χ1) is 10.8. The van der Waals surface area contributed by atoms with Crippen LogP contribution in [0.2, 0.25) is 0 Å². The van der Waals surface area contributed by atoms with E-state index in [-0.39, 0.29) is 23.7 Å². The smallest absolute Gasteiger partial charge is 0.207 e. The molecule has 0 amide bonds. The summed E-state index contributed by atoms with van der Waals surface area (Å²) in [6, 6.07) is 7.94. The van der Waals surface area contributed by atoms with Crippen molar-refractivity contribution in [3.8, 4) is 6.07 Å². The summed E-state index contributed by atoms with van der Waals surface area (Å²) in [4.78, 5) is 0. The van der Waals surface area contributed by atoms with Crippen molar-refractivity contribution < 1.29 is 12.8 Å². The molecule has 1 aromatic rings. The Bertz CT molecular complexity index is 678. The summed E-state index contributed by atoms with van der Waals surface area (Å²) in [6.07, 6.45) is 2.78. The van der Waals surface area contributed by atoms with Crippen molar-refractivity contribution in [1.29, 1.82) is 5.26 Å². The van der Waals surface area contributed by atoms with Gasteiger partial charge in [-0.3, -0.25) is 0 Å². The fraction of sp³-hybridized carbons (Fsp3) is 0.562. The third kappa shape index (κ3) is 4.74. The summed E-state index contributed by atoms with van der Waals surface area (Å²) in [5.41, 5.74) is 0.929. The summed E-state index contributed by atoms with van der Waals surface area (Å²) in [7, 11) is -2.13. The number of rotatable bonds is 8. The zero-order valence-electron chi connectivity index (χ0n) is 13.4. The molecule has 0 bridgehead atoms. The number of benzene rings is 1. The third-order valence-electron chi connectivity index (χ3n) is 4.47. The minimum Gasteiger partial charge on any atom is -0.207 e. The lowest BCUT2D eigenvalue weighted by Crippen LogP contribution is -2.44. The van der Waals surface area contributed by atoms with Crippen LogP contribution in [0, 0.1) is 22.6 Å². The maximum Gasteiger partial charge on any atom is 0.279 e. The monoisotopic (exact) mass is 339 g/mol. The Hall–Kier alpha value is -1.49. The highest BCUT2D eigenvalue weighted by Gasteiger charge is 2.43. The molecule has 1 fully saturated rings. The Morgan fingerprint density at radius 2 is 2.00 bits per heavy atom. The van der Waals surface area contributed by atoms with Gasteiger partial charge in [-0.15, -0.1) is 0 Å². The normalized spacial score (nSPS) is 17.7. The molecule has 1 N–H and O–H groups in total. The van der Waals surface area contributed by atoms with Crippen LogP contribution in [0.3, 0.4) is 0 Å². The largest absolute Gasteiger partial charge is 0.279 e. The van der Waals surface area contributed by atoms with E-state index < -0.39 is 10.2 Å². The first kappa shape index (κ1) is 17.9. The van der Waals surface area contributed by atoms with E-state index in [1.165, 1.54) is 23.5 Å². The predicted molar refractivity (Wildman–Crippen MR) is 86.1 cm³/mol. The molecule has 7 heteroatoms. The molecule has 0 spiro atoms. The van der Waals surface area contributed by atoms with Gasteiger partial charge in [0.15, 0.2) is 0 Å². The molecule has 1 aliphatic carbocycles. The minimum atomic E-state index is -3.60. The second kappa shape index (κ2) is 6.95. The quantitative estimate of drug-likeness (QED) is 0.789. The summed E-state index contributed by atoms with van der Waals surface area (Å²) in [5, 5.41) is 8.69. The lowest BCUT2D eigenvalue weighted by molar-refractivity contribution is 0.379. The molecule has 0 aliphatic heterocycles. The lowest BCUT2D eigenvalue weighted by atomic mass is 9.97. The maximum atomic E-state index is 12.9. The van der Waals surface area contributed by atoms with Crippen LogP contribution in [0.25, 0.3) is 0 Å². The molecule has 2 rings (SSSR count). The summed E-state index contributed by atoms with van der Waals surface area (Å²) in [5.74, 6) is -0.271. The second-order valence-electron chi connectivity index (χ2n) is 6.36. The van der Waals surface area contributed by atoms with Crippen molar-refractivity contribution in [3.63, 3.8) is 0 Å². The van der Waals surface area contributed by atoms with Gasteiger partial charge < -0.3 is 0 Å². The highest BCUT2D eigenvalue weighted by atomic mass is 32.2. The van der Waals surface area contributed by atoms with E-state index in [4.69, 9.17) is 5.26 Å². The van der Waals surface area contributed by atoms with Gasteiger partial charge in [0, 0.05) is 19.6 Å². The molecule has 0 aromatic heterocycles. The SMILES string of the molecule is C[C@H](CC#N)N(C)S(=O)(=O)NCC1(Cc2ccc(F)cc2)CC1. The molecule has 23 heavy (non-hydrogen) atoms. The van der Waals surface area contributed by atoms with Crippen molar-refractivity contribution in [1.82, 2.24) is 9.03 Å². The molecule has 0 unspecified atom stereocenters. The molecule has 1 saturated carbocycles. The van der Waals surface area contributed by atoms with Crippen LogP contribution in [0.4, 0.5) is 4.39 Å². The Balaban J connectivity index is 1.94. The zero-order chi connectivity index (χ0) is 17.1. The van der Waals surface area contributed by atoms with Crippen LogP contribution in [-0.2, 0) is 16.6 Å². The van der Waals surface area contributed by atoms with Gasteiger partial charge in [0.25, 0.3) is 10.2 Å². The Kier molecular flexibility index (Phi) is 5.40. The number of hydrogen-bond acceptors (Lipinski definition) is 3. The first-order valence-electron chi connectivity index (χ1n) is 7.62. The molecule has 0 heterocycles. The van der Waals surface area contributed by atoms with Crippen LogP contribution >= 0.6 is 0 Å². The number of nitrogens with one attached hydrogen (secondary N) is 1. The number of hydrogen-bond donors (Lipinski definition) is 1. The van der Waals surface area contributed by atoms with E-state index in [2.05, 4.69) is 4.72 Å². The summed E-state index contributed by atoms with van der Waals surface area (Å²) >= 11 is 0. The fourth-order valence-electron chi connectivity index (χ4n) is 2.47. The van der Waals surface area contributed by atoms with E-state index in [9.17, 15) is 12.8 Å². The Morgan fingerprint density at radius 1 is 1.39 bits per heavy atom. The molecule has 1 aromatic carbocycles. The Morgan fingerprint density at radius 3 is 2.52 bits per heavy atom. The second-order valence-corrected chi connectivity index (χ2v) is 8.17. The van der Waals surface area contributed by atoms with Gasteiger partial charge in [0.05, 0.1) is 12.5 Å². The van der Waals surface area contributed by atoms with Gasteiger partial charge in [-0.25, -0.2) is 9.11 Å². The van der Waals surface area contributed by atoms with Crippen LogP contribution in [0.5, 0.6) is 0 Å². The van der Waals surface area contributed by atoms with Crippen LogP contribution < -0.4 is 4.72 Å². The summed E-state index contributed by atoms with van der Waals surface area (Å²) in [6.45, 7) is 2.06. The minimum absolute atomic E-state index is 0.0792. The molecular formula is C16H22FN3O2S. The molecule has 1 aliphatic rings. The molecular weight excluding hydrogens is 317 g/mol. The lowest BCUT2D eigenvalue weighted by Gasteiger charge is -2.24. The van der Waals surface area contributed by atoms with Crippen molar-refractivity contribution in [3.05, 3.63) is 35.6 Å². The van der Waals surface area contributed by atoms with Crippen LogP contribution in [0.1, 0.15) is 31.7 Å².